The Morgan fingerprint density at radius 2 is 2.21 bits per heavy atom. The molecule has 0 aliphatic carbocycles. The number of hydrogen-bond acceptors (Lipinski definition) is 3. The average molecular weight is 279 g/mol. The van der Waals surface area contributed by atoms with Crippen molar-refractivity contribution in [3.63, 3.8) is 0 Å². The van der Waals surface area contributed by atoms with Gasteiger partial charge < -0.3 is 0 Å². The molecule has 82 valence electrons. The van der Waals surface area contributed by atoms with Crippen LogP contribution in [-0.2, 0) is 0 Å². The number of halogens is 1. The molecule has 14 heavy (non-hydrogen) atoms. The van der Waals surface area contributed by atoms with Crippen molar-refractivity contribution in [2.75, 3.05) is 44.7 Å². The first-order chi connectivity index (χ1) is 6.79. The van der Waals surface area contributed by atoms with Gasteiger partial charge in [0.05, 0.1) is 0 Å². The van der Waals surface area contributed by atoms with E-state index in [1.165, 1.54) is 44.9 Å². The number of fused-ring (bicyclic) bond motifs is 1. The highest BCUT2D eigenvalue weighted by molar-refractivity contribution is 9.09. The van der Waals surface area contributed by atoms with Crippen LogP contribution < -0.4 is 0 Å². The van der Waals surface area contributed by atoms with Crippen LogP contribution in [0.2, 0.25) is 0 Å². The molecule has 2 unspecified atom stereocenters. The molecule has 2 rings (SSSR count). The molecule has 2 saturated heterocycles. The van der Waals surface area contributed by atoms with Crippen LogP contribution in [0.15, 0.2) is 0 Å². The van der Waals surface area contributed by atoms with Gasteiger partial charge in [-0.05, 0) is 12.7 Å². The third kappa shape index (κ3) is 2.65. The highest BCUT2D eigenvalue weighted by Gasteiger charge is 2.34. The Morgan fingerprint density at radius 1 is 1.36 bits per heavy atom. The minimum absolute atomic E-state index is 0.744. The highest BCUT2D eigenvalue weighted by Crippen LogP contribution is 2.26. The molecule has 2 fully saturated rings. The first-order valence-corrected chi connectivity index (χ1v) is 7.70. The van der Waals surface area contributed by atoms with Crippen LogP contribution in [0.4, 0.5) is 0 Å². The van der Waals surface area contributed by atoms with Gasteiger partial charge in [-0.2, -0.15) is 11.8 Å². The number of nitrogens with zero attached hydrogens (tertiary/aromatic N) is 2. The summed E-state index contributed by atoms with van der Waals surface area (Å²) >= 11 is 5.69. The van der Waals surface area contributed by atoms with E-state index < -0.39 is 0 Å². The smallest absolute Gasteiger partial charge is 0.0288 e. The molecule has 4 heteroatoms. The maximum Gasteiger partial charge on any atom is 0.0288 e. The molecule has 0 aromatic heterocycles. The number of rotatable bonds is 3. The van der Waals surface area contributed by atoms with E-state index in [9.17, 15) is 0 Å². The van der Waals surface area contributed by atoms with Gasteiger partial charge in [-0.25, -0.2) is 0 Å². The van der Waals surface area contributed by atoms with Crippen molar-refractivity contribution in [2.24, 2.45) is 0 Å². The lowest BCUT2D eigenvalue weighted by Gasteiger charge is -2.37. The van der Waals surface area contributed by atoms with Crippen LogP contribution in [0, 0.1) is 0 Å². The summed E-state index contributed by atoms with van der Waals surface area (Å²) < 4.78 is 0. The second kappa shape index (κ2) is 5.19. The van der Waals surface area contributed by atoms with Crippen molar-refractivity contribution in [3.8, 4) is 0 Å². The predicted octanol–water partition coefficient (Wildman–Crippen LogP) is 1.50. The maximum absolute atomic E-state index is 3.74. The lowest BCUT2D eigenvalue weighted by molar-refractivity contribution is 0.110. The van der Waals surface area contributed by atoms with E-state index in [2.05, 4.69) is 32.0 Å². The number of piperazine rings is 1. The topological polar surface area (TPSA) is 6.48 Å². The van der Waals surface area contributed by atoms with Gasteiger partial charge in [-0.3, -0.25) is 9.80 Å². The van der Waals surface area contributed by atoms with Crippen molar-refractivity contribution < 1.29 is 0 Å². The van der Waals surface area contributed by atoms with Crippen LogP contribution in [-0.4, -0.2) is 65.4 Å². The Bertz CT molecular complexity index is 191. The molecule has 0 saturated carbocycles. The SMILES string of the molecule is CSCCN1CCN2CC(Br)CC2C1. The number of hydrogen-bond donors (Lipinski definition) is 0. The highest BCUT2D eigenvalue weighted by atomic mass is 79.9. The van der Waals surface area contributed by atoms with Crippen molar-refractivity contribution in [1.29, 1.82) is 0 Å². The van der Waals surface area contributed by atoms with Gasteiger partial charge in [-0.1, -0.05) is 15.9 Å². The Hall–Kier alpha value is 0.750. The van der Waals surface area contributed by atoms with Gasteiger partial charge in [0.2, 0.25) is 0 Å². The van der Waals surface area contributed by atoms with Gasteiger partial charge in [0, 0.05) is 49.3 Å². The van der Waals surface area contributed by atoms with Crippen LogP contribution in [0.3, 0.4) is 0 Å². The van der Waals surface area contributed by atoms with E-state index in [1.807, 2.05) is 11.8 Å². The third-order valence-corrected chi connectivity index (χ3v) is 4.52. The predicted molar refractivity (Wildman–Crippen MR) is 67.5 cm³/mol. The minimum atomic E-state index is 0.744. The van der Waals surface area contributed by atoms with Gasteiger partial charge in [-0.15, -0.1) is 0 Å². The third-order valence-electron chi connectivity index (χ3n) is 3.26. The van der Waals surface area contributed by atoms with Crippen LogP contribution in [0.25, 0.3) is 0 Å². The Balaban J connectivity index is 1.79. The van der Waals surface area contributed by atoms with E-state index in [0.29, 0.717) is 0 Å². The largest absolute Gasteiger partial charge is 0.300 e. The summed E-state index contributed by atoms with van der Waals surface area (Å²) in [6, 6.07) is 0.829. The molecule has 0 aromatic carbocycles. The molecule has 0 spiro atoms. The van der Waals surface area contributed by atoms with E-state index in [0.717, 1.165) is 10.9 Å². The van der Waals surface area contributed by atoms with E-state index in [1.54, 1.807) is 0 Å². The summed E-state index contributed by atoms with van der Waals surface area (Å²) in [5.74, 6) is 1.28. The molecule has 0 aromatic rings. The monoisotopic (exact) mass is 278 g/mol. The second-order valence-corrected chi connectivity index (χ2v) is 6.56. The maximum atomic E-state index is 3.74. The van der Waals surface area contributed by atoms with Crippen LogP contribution in [0.5, 0.6) is 0 Å². The number of alkyl halides is 1. The van der Waals surface area contributed by atoms with Gasteiger partial charge >= 0.3 is 0 Å². The van der Waals surface area contributed by atoms with E-state index in [4.69, 9.17) is 0 Å². The fraction of sp³-hybridized carbons (Fsp3) is 1.00. The summed E-state index contributed by atoms with van der Waals surface area (Å²) in [5.41, 5.74) is 0. The molecule has 2 heterocycles. The molecule has 2 aliphatic rings. The van der Waals surface area contributed by atoms with Crippen molar-refractivity contribution in [2.45, 2.75) is 17.3 Å². The lowest BCUT2D eigenvalue weighted by Crippen LogP contribution is -2.50. The van der Waals surface area contributed by atoms with Crippen molar-refractivity contribution in [1.82, 2.24) is 9.80 Å². The normalized spacial score (nSPS) is 34.7. The Labute approximate surface area is 99.5 Å². The molecule has 0 N–H and O–H groups in total. The molecule has 2 aliphatic heterocycles. The molecule has 0 radical (unpaired) electrons. The lowest BCUT2D eigenvalue weighted by atomic mass is 10.1. The Kier molecular flexibility index (Phi) is 4.17. The molecular formula is C10H19BrN2S. The quantitative estimate of drug-likeness (QED) is 0.723. The van der Waals surface area contributed by atoms with E-state index in [-0.39, 0.29) is 0 Å². The van der Waals surface area contributed by atoms with Gasteiger partial charge in [0.15, 0.2) is 0 Å². The first kappa shape index (κ1) is 11.2. The van der Waals surface area contributed by atoms with Crippen LogP contribution >= 0.6 is 27.7 Å². The summed E-state index contributed by atoms with van der Waals surface area (Å²) in [4.78, 5) is 6.02. The zero-order valence-corrected chi connectivity index (χ0v) is 11.2. The fourth-order valence-corrected chi connectivity index (χ4v) is 3.71. The van der Waals surface area contributed by atoms with Crippen molar-refractivity contribution >= 4 is 27.7 Å². The second-order valence-electron chi connectivity index (χ2n) is 4.28. The van der Waals surface area contributed by atoms with E-state index >= 15 is 0 Å². The standard InChI is InChI=1S/C10H19BrN2S/c1-14-5-4-12-2-3-13-7-9(11)6-10(13)8-12/h9-10H,2-8H2,1H3. The zero-order valence-electron chi connectivity index (χ0n) is 8.79. The van der Waals surface area contributed by atoms with Gasteiger partial charge in [0.25, 0.3) is 0 Å². The fourth-order valence-electron chi connectivity index (χ4n) is 2.47. The first-order valence-electron chi connectivity index (χ1n) is 5.39. The van der Waals surface area contributed by atoms with Crippen LogP contribution in [0.1, 0.15) is 6.42 Å². The summed E-state index contributed by atoms with van der Waals surface area (Å²) in [6.45, 7) is 6.39. The zero-order chi connectivity index (χ0) is 9.97. The molecule has 0 bridgehead atoms. The summed E-state index contributed by atoms with van der Waals surface area (Å²) in [5, 5.41) is 0. The number of thioether (sulfide) groups is 1. The molecular weight excluding hydrogens is 260 g/mol. The average Bonchev–Trinajstić information content (AvgIpc) is 2.54. The van der Waals surface area contributed by atoms with Crippen molar-refractivity contribution in [3.05, 3.63) is 0 Å². The summed E-state index contributed by atoms with van der Waals surface area (Å²) in [7, 11) is 0. The Morgan fingerprint density at radius 3 is 3.00 bits per heavy atom. The molecule has 0 amide bonds. The molecule has 2 atom stereocenters. The van der Waals surface area contributed by atoms with Gasteiger partial charge in [0.1, 0.15) is 0 Å². The minimum Gasteiger partial charge on any atom is -0.300 e. The molecule has 2 nitrogen and oxygen atoms in total. The summed E-state index contributed by atoms with van der Waals surface area (Å²) in [6.07, 6.45) is 3.54.